The molecule has 0 bridgehead atoms. The minimum absolute atomic E-state index is 0.0224. The zero-order valence-corrected chi connectivity index (χ0v) is 35.4. The SMILES string of the molecule is C[C@H]1C(=O)C(C#N)=C[C@@]2(C)c3c(c(-c4ccccc4)nn3C3CCC(C[C@H]4C(=O)C(C#N)=C[C@@]5(C)c6nn(C7CCCCC7)c(-c7ccccc7)c6CC[C@H]45)CC3)CC[C@H]12. The third-order valence-corrected chi connectivity index (χ3v) is 16.3. The van der Waals surface area contributed by atoms with E-state index in [0.717, 1.165) is 87.6 Å². The van der Waals surface area contributed by atoms with Crippen LogP contribution in [0.1, 0.15) is 132 Å². The number of fused-ring (bicyclic) bond motifs is 6. The number of nitrogens with zero attached hydrogens (tertiary/aromatic N) is 6. The second kappa shape index (κ2) is 15.0. The Bertz CT molecular complexity index is 2500. The minimum atomic E-state index is -0.500. The van der Waals surface area contributed by atoms with Crippen molar-refractivity contribution in [3.8, 4) is 34.7 Å². The summed E-state index contributed by atoms with van der Waals surface area (Å²) in [6.07, 6.45) is 18.1. The number of hydrogen-bond acceptors (Lipinski definition) is 6. The van der Waals surface area contributed by atoms with Crippen LogP contribution in [0.5, 0.6) is 0 Å². The highest BCUT2D eigenvalue weighted by Crippen LogP contribution is 2.56. The van der Waals surface area contributed by atoms with Gasteiger partial charge in [0.2, 0.25) is 0 Å². The highest BCUT2D eigenvalue weighted by atomic mass is 16.1. The van der Waals surface area contributed by atoms with Gasteiger partial charge in [0, 0.05) is 44.9 Å². The summed E-state index contributed by atoms with van der Waals surface area (Å²) >= 11 is 0. The molecule has 2 heterocycles. The molecule has 2 fully saturated rings. The molecule has 8 nitrogen and oxygen atoms in total. The number of rotatable bonds is 6. The number of ketones is 2. The summed E-state index contributed by atoms with van der Waals surface area (Å²) in [4.78, 5) is 27.6. The molecule has 2 aromatic carbocycles. The van der Waals surface area contributed by atoms with Crippen LogP contribution in [0.4, 0.5) is 0 Å². The first-order valence-corrected chi connectivity index (χ1v) is 22.8. The van der Waals surface area contributed by atoms with E-state index in [1.807, 2.05) is 25.1 Å². The Morgan fingerprint density at radius 1 is 0.667 bits per heavy atom. The summed E-state index contributed by atoms with van der Waals surface area (Å²) in [5.41, 5.74) is 8.96. The van der Waals surface area contributed by atoms with Gasteiger partial charge < -0.3 is 0 Å². The molecule has 60 heavy (non-hydrogen) atoms. The van der Waals surface area contributed by atoms with E-state index in [2.05, 4.69) is 89.9 Å². The maximum absolute atomic E-state index is 14.4. The second-order valence-electron chi connectivity index (χ2n) is 19.5. The number of nitriles is 2. The molecule has 2 aromatic heterocycles. The second-order valence-corrected chi connectivity index (χ2v) is 19.5. The van der Waals surface area contributed by atoms with Crippen molar-refractivity contribution in [3.05, 3.63) is 106 Å². The third kappa shape index (κ3) is 6.03. The van der Waals surface area contributed by atoms with Crippen molar-refractivity contribution in [2.75, 3.05) is 0 Å². The van der Waals surface area contributed by atoms with Gasteiger partial charge in [-0.05, 0) is 88.4 Å². The highest BCUT2D eigenvalue weighted by Gasteiger charge is 2.54. The van der Waals surface area contributed by atoms with Gasteiger partial charge in [0.1, 0.15) is 12.1 Å². The van der Waals surface area contributed by atoms with E-state index in [1.165, 1.54) is 47.3 Å². The molecule has 0 saturated heterocycles. The standard InChI is InChI=1S/C52H56N6O2/c1-32-43-25-23-40-45(34-13-7-4-8-14-34)55-58(50(40)52(43,3)29-36(30-53)47(32)59)39-21-19-33(20-22-39)27-42-44-26-24-41-46(35-15-9-5-10-16-35)57(38-17-11-6-12-18-38)56-49(41)51(44,2)28-37(31-54)48(42)60/h4-5,7-10,13-16,28-29,32-33,38-39,42-44H,6,11-12,17-27H2,1-3H3/t32-,33?,39?,42-,43-,44-,51-,52-/m1/s1. The van der Waals surface area contributed by atoms with Gasteiger partial charge in [-0.15, -0.1) is 0 Å². The molecule has 0 aliphatic heterocycles. The van der Waals surface area contributed by atoms with Crippen LogP contribution in [0.3, 0.4) is 0 Å². The lowest BCUT2D eigenvalue weighted by Gasteiger charge is -2.47. The molecule has 306 valence electrons. The predicted molar refractivity (Wildman–Crippen MR) is 231 cm³/mol. The molecule has 6 aliphatic carbocycles. The minimum Gasteiger partial charge on any atom is -0.293 e. The van der Waals surface area contributed by atoms with Crippen molar-refractivity contribution in [2.45, 2.75) is 134 Å². The molecule has 0 radical (unpaired) electrons. The maximum atomic E-state index is 14.4. The average Bonchev–Trinajstić information content (AvgIpc) is 3.88. The van der Waals surface area contributed by atoms with Gasteiger partial charge in [-0.3, -0.25) is 19.0 Å². The van der Waals surface area contributed by atoms with E-state index in [4.69, 9.17) is 10.2 Å². The summed E-state index contributed by atoms with van der Waals surface area (Å²) in [6, 6.07) is 26.3. The zero-order chi connectivity index (χ0) is 41.3. The van der Waals surface area contributed by atoms with Crippen LogP contribution in [0.25, 0.3) is 22.5 Å². The summed E-state index contributed by atoms with van der Waals surface area (Å²) in [5.74, 6) is 0.0916. The van der Waals surface area contributed by atoms with Crippen molar-refractivity contribution >= 4 is 11.6 Å². The summed E-state index contributed by atoms with van der Waals surface area (Å²) in [5, 5.41) is 31.6. The molecule has 0 amide bonds. The largest absolute Gasteiger partial charge is 0.293 e. The first-order chi connectivity index (χ1) is 29.1. The number of carbonyl (C=O) groups is 2. The quantitative estimate of drug-likeness (QED) is 0.192. The van der Waals surface area contributed by atoms with E-state index < -0.39 is 10.8 Å². The normalized spacial score (nSPS) is 31.4. The number of benzene rings is 2. The number of Topliss-reactive ketones (excluding diaryl/α,β-unsaturated/α-hetero) is 2. The van der Waals surface area contributed by atoms with Crippen LogP contribution in [0, 0.1) is 52.3 Å². The number of allylic oxidation sites excluding steroid dienone is 4. The van der Waals surface area contributed by atoms with E-state index in [0.29, 0.717) is 17.5 Å². The molecule has 10 rings (SSSR count). The van der Waals surface area contributed by atoms with Gasteiger partial charge in [0.15, 0.2) is 11.6 Å². The summed E-state index contributed by atoms with van der Waals surface area (Å²) < 4.78 is 4.66. The Balaban J connectivity index is 0.956. The molecule has 2 saturated carbocycles. The topological polar surface area (TPSA) is 117 Å². The maximum Gasteiger partial charge on any atom is 0.176 e. The van der Waals surface area contributed by atoms with Crippen LogP contribution in [-0.4, -0.2) is 31.1 Å². The van der Waals surface area contributed by atoms with Gasteiger partial charge in [0.05, 0.1) is 46.0 Å². The van der Waals surface area contributed by atoms with Crippen LogP contribution >= 0.6 is 0 Å². The van der Waals surface area contributed by atoms with Crippen LogP contribution in [0.15, 0.2) is 84.0 Å². The Morgan fingerprint density at radius 2 is 1.27 bits per heavy atom. The Kier molecular flexibility index (Phi) is 9.70. The molecular weight excluding hydrogens is 741 g/mol. The van der Waals surface area contributed by atoms with E-state index in [-0.39, 0.29) is 46.9 Å². The van der Waals surface area contributed by atoms with E-state index in [1.54, 1.807) is 0 Å². The predicted octanol–water partition coefficient (Wildman–Crippen LogP) is 10.7. The molecule has 0 N–H and O–H groups in total. The fourth-order valence-corrected chi connectivity index (χ4v) is 13.3. The average molecular weight is 797 g/mol. The number of aromatic nitrogens is 4. The van der Waals surface area contributed by atoms with Crippen molar-refractivity contribution < 1.29 is 9.59 Å². The van der Waals surface area contributed by atoms with Gasteiger partial charge >= 0.3 is 0 Å². The molecule has 8 heteroatoms. The lowest BCUT2D eigenvalue weighted by molar-refractivity contribution is -0.123. The number of carbonyl (C=O) groups excluding carboxylic acids is 2. The lowest BCUT2D eigenvalue weighted by atomic mass is 9.56. The van der Waals surface area contributed by atoms with Gasteiger partial charge in [-0.25, -0.2) is 0 Å². The third-order valence-electron chi connectivity index (χ3n) is 16.3. The van der Waals surface area contributed by atoms with Crippen LogP contribution in [-0.2, 0) is 33.3 Å². The first-order valence-electron chi connectivity index (χ1n) is 22.8. The van der Waals surface area contributed by atoms with Crippen LogP contribution in [0.2, 0.25) is 0 Å². The lowest BCUT2D eigenvalue weighted by Crippen LogP contribution is -2.47. The van der Waals surface area contributed by atoms with Crippen molar-refractivity contribution in [2.24, 2.45) is 29.6 Å². The van der Waals surface area contributed by atoms with Crippen molar-refractivity contribution in [1.82, 2.24) is 19.6 Å². The molecule has 6 aliphatic rings. The number of hydrogen-bond donors (Lipinski definition) is 0. The van der Waals surface area contributed by atoms with E-state index >= 15 is 0 Å². The summed E-state index contributed by atoms with van der Waals surface area (Å²) in [6.45, 7) is 6.51. The van der Waals surface area contributed by atoms with E-state index in [9.17, 15) is 20.1 Å². The monoisotopic (exact) mass is 796 g/mol. The fraction of sp³-hybridized carbons (Fsp3) is 0.500. The Labute approximate surface area is 354 Å². The molecule has 4 aromatic rings. The molecule has 0 unspecified atom stereocenters. The molecular formula is C52H56N6O2. The Hall–Kier alpha value is -5.34. The summed E-state index contributed by atoms with van der Waals surface area (Å²) in [7, 11) is 0. The van der Waals surface area contributed by atoms with Gasteiger partial charge in [-0.2, -0.15) is 20.7 Å². The highest BCUT2D eigenvalue weighted by molar-refractivity contribution is 6.03. The fourth-order valence-electron chi connectivity index (χ4n) is 13.3. The van der Waals surface area contributed by atoms with Crippen LogP contribution < -0.4 is 0 Å². The van der Waals surface area contributed by atoms with Crippen molar-refractivity contribution in [3.63, 3.8) is 0 Å². The Morgan fingerprint density at radius 3 is 1.95 bits per heavy atom. The van der Waals surface area contributed by atoms with Gasteiger partial charge in [0.25, 0.3) is 0 Å². The smallest absolute Gasteiger partial charge is 0.176 e. The zero-order valence-electron chi connectivity index (χ0n) is 35.4. The first kappa shape index (κ1) is 38.8. The van der Waals surface area contributed by atoms with Gasteiger partial charge in [-0.1, -0.05) is 113 Å². The molecule has 0 spiro atoms. The molecule has 6 atom stereocenters. The van der Waals surface area contributed by atoms with Crippen molar-refractivity contribution in [1.29, 1.82) is 10.5 Å².